The first kappa shape index (κ1) is 18.3. The topological polar surface area (TPSA) is 69.2 Å². The molecule has 0 radical (unpaired) electrons. The number of benzene rings is 2. The Morgan fingerprint density at radius 2 is 1.76 bits per heavy atom. The van der Waals surface area contributed by atoms with Crippen molar-refractivity contribution in [1.82, 2.24) is 5.43 Å². The van der Waals surface area contributed by atoms with E-state index in [1.165, 1.54) is 0 Å². The molecule has 2 aromatic rings. The van der Waals surface area contributed by atoms with Crippen LogP contribution in [0.4, 0.5) is 0 Å². The van der Waals surface area contributed by atoms with E-state index in [0.29, 0.717) is 30.3 Å². The van der Waals surface area contributed by atoms with Crippen LogP contribution < -0.4 is 19.6 Å². The van der Waals surface area contributed by atoms with Gasteiger partial charge in [-0.05, 0) is 61.9 Å². The summed E-state index contributed by atoms with van der Waals surface area (Å²) < 4.78 is 16.1. The van der Waals surface area contributed by atoms with E-state index in [9.17, 15) is 4.79 Å². The molecule has 0 aromatic heterocycles. The molecule has 1 N–H and O–H groups in total. The van der Waals surface area contributed by atoms with Gasteiger partial charge in [-0.25, -0.2) is 5.43 Å². The lowest BCUT2D eigenvalue weighted by Gasteiger charge is -2.09. The number of carbonyl (C=O) groups excluding carboxylic acids is 1. The van der Waals surface area contributed by atoms with Crippen LogP contribution in [0, 0.1) is 0 Å². The Morgan fingerprint density at radius 1 is 1.04 bits per heavy atom. The van der Waals surface area contributed by atoms with Crippen LogP contribution in [-0.2, 0) is 0 Å². The second kappa shape index (κ2) is 9.32. The molecule has 0 spiro atoms. The molecule has 0 atom stereocenters. The van der Waals surface area contributed by atoms with Crippen LogP contribution in [0.3, 0.4) is 0 Å². The van der Waals surface area contributed by atoms with E-state index in [2.05, 4.69) is 10.5 Å². The first-order valence-corrected chi connectivity index (χ1v) is 8.05. The molecule has 0 fully saturated rings. The number of hydrazone groups is 1. The smallest absolute Gasteiger partial charge is 0.271 e. The van der Waals surface area contributed by atoms with Crippen LogP contribution in [-0.4, -0.2) is 32.4 Å². The molecule has 25 heavy (non-hydrogen) atoms. The molecule has 2 rings (SSSR count). The third kappa shape index (κ3) is 5.24. The molecule has 2 aromatic carbocycles. The Hall–Kier alpha value is -3.02. The fourth-order valence-electron chi connectivity index (χ4n) is 2.14. The van der Waals surface area contributed by atoms with E-state index in [1.807, 2.05) is 19.9 Å². The molecule has 0 aliphatic heterocycles. The molecule has 0 heterocycles. The Labute approximate surface area is 147 Å². The Kier molecular flexibility index (Phi) is 6.83. The van der Waals surface area contributed by atoms with Gasteiger partial charge in [0.15, 0.2) is 11.5 Å². The highest BCUT2D eigenvalue weighted by molar-refractivity contribution is 5.95. The van der Waals surface area contributed by atoms with E-state index in [4.69, 9.17) is 14.2 Å². The van der Waals surface area contributed by atoms with Gasteiger partial charge in [0.1, 0.15) is 5.75 Å². The Bertz CT molecular complexity index is 727. The molecule has 6 nitrogen and oxygen atoms in total. The van der Waals surface area contributed by atoms with Crippen molar-refractivity contribution < 1.29 is 19.0 Å². The average Bonchev–Trinajstić information content (AvgIpc) is 2.63. The SMILES string of the molecule is CCOc1ccc(C(=O)N/N=C/c2ccc(OC)c(OCC)c2)cc1. The number of nitrogens with one attached hydrogen (secondary N) is 1. The quantitative estimate of drug-likeness (QED) is 0.590. The highest BCUT2D eigenvalue weighted by atomic mass is 16.5. The fraction of sp³-hybridized carbons (Fsp3) is 0.263. The van der Waals surface area contributed by atoms with Gasteiger partial charge < -0.3 is 14.2 Å². The largest absolute Gasteiger partial charge is 0.494 e. The van der Waals surface area contributed by atoms with E-state index in [0.717, 1.165) is 11.3 Å². The maximum atomic E-state index is 12.1. The summed E-state index contributed by atoms with van der Waals surface area (Å²) in [6.07, 6.45) is 1.55. The average molecular weight is 342 g/mol. The second-order valence-corrected chi connectivity index (χ2v) is 5.00. The van der Waals surface area contributed by atoms with Gasteiger partial charge >= 0.3 is 0 Å². The summed E-state index contributed by atoms with van der Waals surface area (Å²) in [5.74, 6) is 1.71. The summed E-state index contributed by atoms with van der Waals surface area (Å²) in [6, 6.07) is 12.3. The first-order valence-electron chi connectivity index (χ1n) is 8.05. The standard InChI is InChI=1S/C19H22N2O4/c1-4-24-16-9-7-15(8-10-16)19(22)21-20-13-14-6-11-17(23-3)18(12-14)25-5-2/h6-13H,4-5H2,1-3H3,(H,21,22)/b20-13+. The van der Waals surface area contributed by atoms with Gasteiger partial charge in [-0.1, -0.05) is 0 Å². The molecule has 0 aliphatic rings. The third-order valence-corrected chi connectivity index (χ3v) is 3.29. The normalized spacial score (nSPS) is 10.5. The van der Waals surface area contributed by atoms with Crippen LogP contribution >= 0.6 is 0 Å². The minimum atomic E-state index is -0.294. The lowest BCUT2D eigenvalue weighted by molar-refractivity contribution is 0.0955. The van der Waals surface area contributed by atoms with Gasteiger partial charge in [-0.15, -0.1) is 0 Å². The zero-order valence-corrected chi connectivity index (χ0v) is 14.6. The second-order valence-electron chi connectivity index (χ2n) is 5.00. The molecule has 0 unspecified atom stereocenters. The van der Waals surface area contributed by atoms with E-state index < -0.39 is 0 Å². The molecule has 1 amide bonds. The van der Waals surface area contributed by atoms with E-state index >= 15 is 0 Å². The first-order chi connectivity index (χ1) is 12.2. The van der Waals surface area contributed by atoms with Crippen molar-refractivity contribution in [2.24, 2.45) is 5.10 Å². The minimum absolute atomic E-state index is 0.294. The third-order valence-electron chi connectivity index (χ3n) is 3.29. The number of nitrogens with zero attached hydrogens (tertiary/aromatic N) is 1. The summed E-state index contributed by atoms with van der Waals surface area (Å²) in [7, 11) is 1.59. The molecule has 6 heteroatoms. The zero-order valence-electron chi connectivity index (χ0n) is 14.6. The van der Waals surface area contributed by atoms with Gasteiger partial charge in [-0.2, -0.15) is 5.10 Å². The lowest BCUT2D eigenvalue weighted by atomic mass is 10.2. The van der Waals surface area contributed by atoms with Crippen LogP contribution in [0.5, 0.6) is 17.2 Å². The number of carbonyl (C=O) groups is 1. The van der Waals surface area contributed by atoms with Crippen LogP contribution in [0.1, 0.15) is 29.8 Å². The predicted octanol–water partition coefficient (Wildman–Crippen LogP) is 3.26. The van der Waals surface area contributed by atoms with Gasteiger partial charge in [0.25, 0.3) is 5.91 Å². The predicted molar refractivity (Wildman–Crippen MR) is 96.8 cm³/mol. The van der Waals surface area contributed by atoms with Crippen molar-refractivity contribution in [2.45, 2.75) is 13.8 Å². The van der Waals surface area contributed by atoms with Crippen molar-refractivity contribution >= 4 is 12.1 Å². The number of ether oxygens (including phenoxy) is 3. The Balaban J connectivity index is 2.00. The number of amides is 1. The summed E-state index contributed by atoms with van der Waals surface area (Å²) in [5, 5.41) is 3.98. The summed E-state index contributed by atoms with van der Waals surface area (Å²) in [4.78, 5) is 12.1. The maximum absolute atomic E-state index is 12.1. The minimum Gasteiger partial charge on any atom is -0.494 e. The van der Waals surface area contributed by atoms with Gasteiger partial charge in [0.05, 0.1) is 26.5 Å². The highest BCUT2D eigenvalue weighted by Crippen LogP contribution is 2.27. The molecule has 0 saturated heterocycles. The van der Waals surface area contributed by atoms with E-state index in [1.54, 1.807) is 49.7 Å². The number of hydrogen-bond donors (Lipinski definition) is 1. The molecular weight excluding hydrogens is 320 g/mol. The van der Waals surface area contributed by atoms with Gasteiger partial charge in [-0.3, -0.25) is 4.79 Å². The van der Waals surface area contributed by atoms with Crippen LogP contribution in [0.2, 0.25) is 0 Å². The Morgan fingerprint density at radius 3 is 2.40 bits per heavy atom. The van der Waals surface area contributed by atoms with E-state index in [-0.39, 0.29) is 5.91 Å². The molecule has 132 valence electrons. The van der Waals surface area contributed by atoms with Crippen molar-refractivity contribution in [3.63, 3.8) is 0 Å². The maximum Gasteiger partial charge on any atom is 0.271 e. The van der Waals surface area contributed by atoms with Crippen molar-refractivity contribution in [1.29, 1.82) is 0 Å². The molecular formula is C19H22N2O4. The van der Waals surface area contributed by atoms with Crippen LogP contribution in [0.25, 0.3) is 0 Å². The van der Waals surface area contributed by atoms with Gasteiger partial charge in [0, 0.05) is 5.56 Å². The van der Waals surface area contributed by atoms with Crippen molar-refractivity contribution in [2.75, 3.05) is 20.3 Å². The van der Waals surface area contributed by atoms with Crippen molar-refractivity contribution in [3.8, 4) is 17.2 Å². The molecule has 0 bridgehead atoms. The van der Waals surface area contributed by atoms with Gasteiger partial charge in [0.2, 0.25) is 0 Å². The number of rotatable bonds is 8. The zero-order chi connectivity index (χ0) is 18.1. The summed E-state index contributed by atoms with van der Waals surface area (Å²) >= 11 is 0. The molecule has 0 aliphatic carbocycles. The monoisotopic (exact) mass is 342 g/mol. The lowest BCUT2D eigenvalue weighted by Crippen LogP contribution is -2.17. The fourth-order valence-corrected chi connectivity index (χ4v) is 2.14. The summed E-state index contributed by atoms with van der Waals surface area (Å²) in [6.45, 7) is 4.93. The summed E-state index contributed by atoms with van der Waals surface area (Å²) in [5.41, 5.74) is 3.79. The number of hydrogen-bond acceptors (Lipinski definition) is 5. The number of methoxy groups -OCH3 is 1. The highest BCUT2D eigenvalue weighted by Gasteiger charge is 2.06. The molecule has 0 saturated carbocycles. The van der Waals surface area contributed by atoms with Crippen molar-refractivity contribution in [3.05, 3.63) is 53.6 Å². The van der Waals surface area contributed by atoms with Crippen LogP contribution in [0.15, 0.2) is 47.6 Å².